The molecule has 3 heteroatoms. The molecule has 1 radical (unpaired) electrons. The summed E-state index contributed by atoms with van der Waals surface area (Å²) in [5.74, 6) is 0.940. The van der Waals surface area contributed by atoms with Crippen molar-refractivity contribution >= 4 is 11.7 Å². The minimum Gasteiger partial charge on any atom is -0.310 e. The molecule has 0 bridgehead atoms. The van der Waals surface area contributed by atoms with Crippen LogP contribution in [-0.4, -0.2) is 10.9 Å². The molecule has 0 atom stereocenters. The lowest BCUT2D eigenvalue weighted by atomic mass is 10.4. The van der Waals surface area contributed by atoms with Crippen LogP contribution in [0.15, 0.2) is 18.3 Å². The molecule has 1 amide bonds. The van der Waals surface area contributed by atoms with Crippen molar-refractivity contribution in [3.63, 3.8) is 0 Å². The molecule has 12 heavy (non-hydrogen) atoms. The van der Waals surface area contributed by atoms with Crippen molar-refractivity contribution in [2.75, 3.05) is 5.32 Å². The van der Waals surface area contributed by atoms with Crippen LogP contribution in [0.1, 0.15) is 12.8 Å². The maximum Gasteiger partial charge on any atom is 0.228 e. The monoisotopic (exact) mass is 161 g/mol. The first kappa shape index (κ1) is 7.28. The molecule has 2 rings (SSSR count). The van der Waals surface area contributed by atoms with Gasteiger partial charge in [-0.25, -0.2) is 4.98 Å². The molecule has 1 fully saturated rings. The van der Waals surface area contributed by atoms with Crippen molar-refractivity contribution in [2.24, 2.45) is 5.92 Å². The first-order valence-corrected chi connectivity index (χ1v) is 3.99. The molecule has 0 saturated heterocycles. The van der Waals surface area contributed by atoms with Gasteiger partial charge in [0.2, 0.25) is 5.91 Å². The van der Waals surface area contributed by atoms with Crippen molar-refractivity contribution in [3.8, 4) is 0 Å². The number of carbonyl (C=O) groups is 1. The Hall–Kier alpha value is -1.38. The van der Waals surface area contributed by atoms with Gasteiger partial charge in [-0.15, -0.1) is 0 Å². The predicted octanol–water partition coefficient (Wildman–Crippen LogP) is 1.23. The van der Waals surface area contributed by atoms with E-state index >= 15 is 0 Å². The highest BCUT2D eigenvalue weighted by atomic mass is 16.2. The van der Waals surface area contributed by atoms with E-state index in [1.54, 1.807) is 18.3 Å². The SMILES string of the molecule is O=C(Nc1cc[c]cn1)C1CC1. The van der Waals surface area contributed by atoms with Crippen LogP contribution in [0.5, 0.6) is 0 Å². The van der Waals surface area contributed by atoms with E-state index in [-0.39, 0.29) is 11.8 Å². The number of nitrogens with zero attached hydrogens (tertiary/aromatic N) is 1. The fourth-order valence-corrected chi connectivity index (χ4v) is 0.968. The van der Waals surface area contributed by atoms with E-state index in [0.717, 1.165) is 12.8 Å². The predicted molar refractivity (Wildman–Crippen MR) is 44.4 cm³/mol. The Balaban J connectivity index is 1.98. The van der Waals surface area contributed by atoms with Crippen molar-refractivity contribution in [1.29, 1.82) is 0 Å². The van der Waals surface area contributed by atoms with Gasteiger partial charge in [0.15, 0.2) is 0 Å². The standard InChI is InChI=1S/C9H9N2O/c12-9(7-4-5-7)11-8-3-1-2-6-10-8/h1,3,6-7H,4-5H2,(H,10,11,12). The molecule has 1 aliphatic carbocycles. The minimum atomic E-state index is 0.0914. The summed E-state index contributed by atoms with van der Waals surface area (Å²) in [6.07, 6.45) is 3.58. The molecule has 1 heterocycles. The normalized spacial score (nSPS) is 15.7. The highest BCUT2D eigenvalue weighted by Gasteiger charge is 2.29. The molecule has 1 aromatic heterocycles. The highest BCUT2D eigenvalue weighted by Crippen LogP contribution is 2.29. The molecule has 1 aromatic rings. The van der Waals surface area contributed by atoms with E-state index in [4.69, 9.17) is 0 Å². The summed E-state index contributed by atoms with van der Waals surface area (Å²) in [7, 11) is 0. The maximum absolute atomic E-state index is 11.2. The summed E-state index contributed by atoms with van der Waals surface area (Å²) in [4.78, 5) is 15.2. The Labute approximate surface area is 70.8 Å². The van der Waals surface area contributed by atoms with Crippen LogP contribution in [0.3, 0.4) is 0 Å². The Morgan fingerprint density at radius 3 is 3.08 bits per heavy atom. The van der Waals surface area contributed by atoms with Crippen molar-refractivity contribution in [1.82, 2.24) is 4.98 Å². The Kier molecular flexibility index (Phi) is 1.78. The maximum atomic E-state index is 11.2. The van der Waals surface area contributed by atoms with Gasteiger partial charge in [0.25, 0.3) is 0 Å². The lowest BCUT2D eigenvalue weighted by Gasteiger charge is -2.00. The molecule has 0 unspecified atom stereocenters. The number of aromatic nitrogens is 1. The van der Waals surface area contributed by atoms with Crippen LogP contribution in [-0.2, 0) is 4.79 Å². The number of nitrogens with one attached hydrogen (secondary N) is 1. The third-order valence-corrected chi connectivity index (χ3v) is 1.82. The molecule has 0 spiro atoms. The lowest BCUT2D eigenvalue weighted by molar-refractivity contribution is -0.117. The summed E-state index contributed by atoms with van der Waals surface area (Å²) in [5, 5.41) is 2.73. The van der Waals surface area contributed by atoms with Crippen LogP contribution < -0.4 is 5.32 Å². The average molecular weight is 161 g/mol. The zero-order valence-electron chi connectivity index (χ0n) is 6.58. The van der Waals surface area contributed by atoms with Gasteiger partial charge in [-0.3, -0.25) is 4.79 Å². The summed E-state index contributed by atoms with van der Waals surface area (Å²) >= 11 is 0. The number of anilines is 1. The first-order valence-electron chi connectivity index (χ1n) is 3.99. The van der Waals surface area contributed by atoms with E-state index < -0.39 is 0 Å². The van der Waals surface area contributed by atoms with Gasteiger partial charge in [-0.2, -0.15) is 0 Å². The van der Waals surface area contributed by atoms with Crippen LogP contribution in [0, 0.1) is 12.0 Å². The third-order valence-electron chi connectivity index (χ3n) is 1.82. The summed E-state index contributed by atoms with van der Waals surface area (Å²) < 4.78 is 0. The van der Waals surface area contributed by atoms with Gasteiger partial charge in [0.1, 0.15) is 5.82 Å². The lowest BCUT2D eigenvalue weighted by Crippen LogP contribution is -2.13. The van der Waals surface area contributed by atoms with Gasteiger partial charge in [-0.1, -0.05) is 0 Å². The second-order valence-corrected chi connectivity index (χ2v) is 2.91. The van der Waals surface area contributed by atoms with E-state index in [2.05, 4.69) is 16.4 Å². The van der Waals surface area contributed by atoms with Crippen molar-refractivity contribution in [3.05, 3.63) is 24.4 Å². The number of hydrogen-bond donors (Lipinski definition) is 1. The smallest absolute Gasteiger partial charge is 0.228 e. The number of pyridine rings is 1. The molecule has 1 aliphatic rings. The number of amides is 1. The van der Waals surface area contributed by atoms with Gasteiger partial charge < -0.3 is 5.32 Å². The van der Waals surface area contributed by atoms with Crippen molar-refractivity contribution < 1.29 is 4.79 Å². The van der Waals surface area contributed by atoms with Crippen molar-refractivity contribution in [2.45, 2.75) is 12.8 Å². The summed E-state index contributed by atoms with van der Waals surface area (Å²) in [5.41, 5.74) is 0. The second-order valence-electron chi connectivity index (χ2n) is 2.91. The zero-order valence-corrected chi connectivity index (χ0v) is 6.58. The Morgan fingerprint density at radius 2 is 2.50 bits per heavy atom. The molecule has 3 nitrogen and oxygen atoms in total. The number of hydrogen-bond acceptors (Lipinski definition) is 2. The first-order chi connectivity index (χ1) is 5.86. The van der Waals surface area contributed by atoms with Gasteiger partial charge in [-0.05, 0) is 25.0 Å². The van der Waals surface area contributed by atoms with Crippen LogP contribution >= 0.6 is 0 Å². The highest BCUT2D eigenvalue weighted by molar-refractivity contribution is 5.93. The van der Waals surface area contributed by atoms with Gasteiger partial charge >= 0.3 is 0 Å². The summed E-state index contributed by atoms with van der Waals surface area (Å²) in [6.45, 7) is 0. The molecular formula is C9H9N2O. The van der Waals surface area contributed by atoms with Crippen LogP contribution in [0.25, 0.3) is 0 Å². The molecule has 0 aliphatic heterocycles. The molecule has 1 saturated carbocycles. The van der Waals surface area contributed by atoms with Gasteiger partial charge in [0.05, 0.1) is 0 Å². The second kappa shape index (κ2) is 2.93. The van der Waals surface area contributed by atoms with E-state index in [1.807, 2.05) is 0 Å². The molecule has 0 aromatic carbocycles. The quantitative estimate of drug-likeness (QED) is 0.708. The fourth-order valence-electron chi connectivity index (χ4n) is 0.968. The Morgan fingerprint density at radius 1 is 1.67 bits per heavy atom. The summed E-state index contributed by atoms with van der Waals surface area (Å²) in [6, 6.07) is 6.26. The molecular weight excluding hydrogens is 152 g/mol. The largest absolute Gasteiger partial charge is 0.310 e. The topological polar surface area (TPSA) is 42.0 Å². The van der Waals surface area contributed by atoms with Gasteiger partial charge in [0, 0.05) is 18.2 Å². The third kappa shape index (κ3) is 1.61. The van der Waals surface area contributed by atoms with E-state index in [1.165, 1.54) is 0 Å². The van der Waals surface area contributed by atoms with E-state index in [0.29, 0.717) is 5.82 Å². The molecule has 61 valence electrons. The van der Waals surface area contributed by atoms with Crippen LogP contribution in [0.4, 0.5) is 5.82 Å². The Bertz CT molecular complexity index is 280. The average Bonchev–Trinajstić information content (AvgIpc) is 2.88. The number of carbonyl (C=O) groups excluding carboxylic acids is 1. The number of rotatable bonds is 2. The van der Waals surface area contributed by atoms with E-state index in [9.17, 15) is 4.79 Å². The fraction of sp³-hybridized carbons (Fsp3) is 0.333. The zero-order chi connectivity index (χ0) is 8.39. The minimum absolute atomic E-state index is 0.0914. The van der Waals surface area contributed by atoms with Crippen LogP contribution in [0.2, 0.25) is 0 Å². The molecule has 1 N–H and O–H groups in total.